The van der Waals surface area contributed by atoms with E-state index in [4.69, 9.17) is 0 Å². The fourth-order valence-electron chi connectivity index (χ4n) is 6.32. The standard InChI is InChI=1S/C45H57N/c1-9-14-24-35(6)37(8)36(7)32-33-38(13-5)44-29-17-18-31-45(44)46(41(22-11-3)23-12-4)34-20-27-39(21-10-2)43-30-19-26-40-25-15-16-28-42(40)43/h11,14-16,18-22,24-28,30-33,41-43H,9-10,13,17,29,34H2,1-8H3/b22-11-,24-14-,27-20-,36-32+,37-35+,38-33+,39-21+. The van der Waals surface area contributed by atoms with Gasteiger partial charge in [-0.3, -0.25) is 0 Å². The van der Waals surface area contributed by atoms with Gasteiger partial charge in [-0.1, -0.05) is 130 Å². The molecular formula is C45H57N. The van der Waals surface area contributed by atoms with Gasteiger partial charge in [-0.15, -0.1) is 5.92 Å². The third-order valence-corrected chi connectivity index (χ3v) is 9.08. The lowest BCUT2D eigenvalue weighted by molar-refractivity contribution is 0.376. The number of nitrogens with zero attached hydrogens (tertiary/aromatic N) is 1. The molecule has 0 aromatic rings. The van der Waals surface area contributed by atoms with Crippen LogP contribution < -0.4 is 0 Å². The van der Waals surface area contributed by atoms with Crippen LogP contribution in [0.4, 0.5) is 0 Å². The van der Waals surface area contributed by atoms with Crippen molar-refractivity contribution in [3.05, 3.63) is 154 Å². The second kappa shape index (κ2) is 19.5. The van der Waals surface area contributed by atoms with Gasteiger partial charge in [0.15, 0.2) is 0 Å². The molecule has 0 aromatic carbocycles. The summed E-state index contributed by atoms with van der Waals surface area (Å²) in [4.78, 5) is 2.50. The van der Waals surface area contributed by atoms with Crippen molar-refractivity contribution in [1.82, 2.24) is 4.90 Å². The van der Waals surface area contributed by atoms with Crippen LogP contribution in [-0.2, 0) is 0 Å². The molecule has 0 fully saturated rings. The Morgan fingerprint density at radius 1 is 0.978 bits per heavy atom. The molecule has 0 saturated carbocycles. The zero-order chi connectivity index (χ0) is 33.3. The molecular weight excluding hydrogens is 555 g/mol. The summed E-state index contributed by atoms with van der Waals surface area (Å²) in [5.74, 6) is 7.47. The molecule has 0 saturated heterocycles. The van der Waals surface area contributed by atoms with Gasteiger partial charge >= 0.3 is 0 Å². The first kappa shape index (κ1) is 36.4. The van der Waals surface area contributed by atoms with E-state index in [0.717, 1.165) is 38.6 Å². The molecule has 0 aliphatic heterocycles. The maximum atomic E-state index is 3.51. The first-order chi connectivity index (χ1) is 22.4. The Bertz CT molecular complexity index is 1520. The van der Waals surface area contributed by atoms with Crippen LogP contribution >= 0.6 is 0 Å². The van der Waals surface area contributed by atoms with E-state index in [1.807, 2.05) is 6.92 Å². The molecule has 46 heavy (non-hydrogen) atoms. The Hall–Kier alpha value is -4.02. The van der Waals surface area contributed by atoms with Gasteiger partial charge < -0.3 is 4.90 Å². The quantitative estimate of drug-likeness (QED) is 0.107. The molecule has 3 aliphatic rings. The maximum absolute atomic E-state index is 3.51. The summed E-state index contributed by atoms with van der Waals surface area (Å²) in [5, 5.41) is 0. The van der Waals surface area contributed by atoms with Crippen molar-refractivity contribution < 1.29 is 0 Å². The Morgan fingerprint density at radius 2 is 1.80 bits per heavy atom. The normalized spacial score (nSPS) is 21.6. The first-order valence-corrected chi connectivity index (χ1v) is 17.4. The molecule has 242 valence electrons. The lowest BCUT2D eigenvalue weighted by atomic mass is 9.76. The minimum atomic E-state index is -0.00454. The molecule has 0 aromatic heterocycles. The van der Waals surface area contributed by atoms with E-state index in [1.165, 1.54) is 44.7 Å². The Morgan fingerprint density at radius 3 is 2.52 bits per heavy atom. The number of rotatable bonds is 14. The number of allylic oxidation sites excluding steroid dienone is 23. The molecule has 0 spiro atoms. The van der Waals surface area contributed by atoms with Gasteiger partial charge in [0, 0.05) is 24.1 Å². The van der Waals surface area contributed by atoms with Gasteiger partial charge in [0.05, 0.1) is 0 Å². The summed E-state index contributed by atoms with van der Waals surface area (Å²) in [6, 6.07) is -0.00454. The molecule has 3 atom stereocenters. The summed E-state index contributed by atoms with van der Waals surface area (Å²) in [6.45, 7) is 18.2. The Kier molecular flexibility index (Phi) is 15.4. The highest BCUT2D eigenvalue weighted by molar-refractivity contribution is 5.47. The van der Waals surface area contributed by atoms with Crippen LogP contribution in [0.5, 0.6) is 0 Å². The first-order valence-electron chi connectivity index (χ1n) is 17.4. The highest BCUT2D eigenvalue weighted by atomic mass is 15.2. The molecule has 3 aliphatic carbocycles. The van der Waals surface area contributed by atoms with E-state index in [2.05, 4.69) is 175 Å². The number of fused-ring (bicyclic) bond motifs is 1. The molecule has 0 radical (unpaired) electrons. The van der Waals surface area contributed by atoms with Gasteiger partial charge in [-0.05, 0) is 112 Å². The van der Waals surface area contributed by atoms with Crippen LogP contribution in [0.1, 0.15) is 87.5 Å². The lowest BCUT2D eigenvalue weighted by Gasteiger charge is -2.33. The highest BCUT2D eigenvalue weighted by Crippen LogP contribution is 2.36. The zero-order valence-electron chi connectivity index (χ0n) is 29.8. The van der Waals surface area contributed by atoms with Crippen LogP contribution in [-0.4, -0.2) is 17.5 Å². The molecule has 1 nitrogen and oxygen atoms in total. The van der Waals surface area contributed by atoms with Gasteiger partial charge in [0.1, 0.15) is 6.04 Å². The summed E-state index contributed by atoms with van der Waals surface area (Å²) < 4.78 is 0. The molecule has 0 N–H and O–H groups in total. The predicted octanol–water partition coefficient (Wildman–Crippen LogP) is 12.2. The average Bonchev–Trinajstić information content (AvgIpc) is 3.08. The van der Waals surface area contributed by atoms with Gasteiger partial charge in [0.2, 0.25) is 0 Å². The van der Waals surface area contributed by atoms with E-state index < -0.39 is 0 Å². The summed E-state index contributed by atoms with van der Waals surface area (Å²) in [6.07, 6.45) is 46.3. The average molecular weight is 612 g/mol. The van der Waals surface area contributed by atoms with Crippen LogP contribution in [0, 0.1) is 23.7 Å². The minimum absolute atomic E-state index is 0.00454. The van der Waals surface area contributed by atoms with Crippen molar-refractivity contribution in [2.45, 2.75) is 93.5 Å². The largest absolute Gasteiger partial charge is 0.350 e. The minimum Gasteiger partial charge on any atom is -0.350 e. The van der Waals surface area contributed by atoms with E-state index in [-0.39, 0.29) is 6.04 Å². The molecule has 1 heteroatoms. The fourth-order valence-corrected chi connectivity index (χ4v) is 6.32. The van der Waals surface area contributed by atoms with Gasteiger partial charge in [-0.2, -0.15) is 0 Å². The van der Waals surface area contributed by atoms with Crippen molar-refractivity contribution >= 4 is 0 Å². The third kappa shape index (κ3) is 9.99. The van der Waals surface area contributed by atoms with Crippen LogP contribution in [0.25, 0.3) is 0 Å². The van der Waals surface area contributed by atoms with Crippen LogP contribution in [0.2, 0.25) is 0 Å². The van der Waals surface area contributed by atoms with Crippen molar-refractivity contribution in [1.29, 1.82) is 0 Å². The van der Waals surface area contributed by atoms with E-state index in [9.17, 15) is 0 Å². The molecule has 0 bridgehead atoms. The van der Waals surface area contributed by atoms with Crippen molar-refractivity contribution in [2.24, 2.45) is 11.8 Å². The van der Waals surface area contributed by atoms with Crippen LogP contribution in [0.3, 0.4) is 0 Å². The highest BCUT2D eigenvalue weighted by Gasteiger charge is 2.25. The zero-order valence-corrected chi connectivity index (χ0v) is 29.8. The summed E-state index contributed by atoms with van der Waals surface area (Å²) in [7, 11) is 0. The van der Waals surface area contributed by atoms with Crippen LogP contribution in [0.15, 0.2) is 154 Å². The molecule has 3 unspecified atom stereocenters. The fraction of sp³-hybridized carbons (Fsp3) is 0.378. The second-order valence-corrected chi connectivity index (χ2v) is 12.2. The maximum Gasteiger partial charge on any atom is 0.109 e. The van der Waals surface area contributed by atoms with E-state index in [1.54, 1.807) is 0 Å². The van der Waals surface area contributed by atoms with Crippen molar-refractivity contribution in [3.8, 4) is 11.8 Å². The van der Waals surface area contributed by atoms with E-state index in [0.29, 0.717) is 11.8 Å². The monoisotopic (exact) mass is 611 g/mol. The predicted molar refractivity (Wildman–Crippen MR) is 204 cm³/mol. The van der Waals surface area contributed by atoms with Gasteiger partial charge in [0.25, 0.3) is 0 Å². The van der Waals surface area contributed by atoms with E-state index >= 15 is 0 Å². The summed E-state index contributed by atoms with van der Waals surface area (Å²) in [5.41, 5.74) is 10.9. The SMILES string of the molecule is CC#CC(/C=C\C)N(C/C=C\C(=C/CC)C1C=CC=C2C=CC=CC21)C1=C(/C(=C/C=C(C)/C(C)=C(C)/C=C\CC)CC)CCC=C1. The van der Waals surface area contributed by atoms with Crippen molar-refractivity contribution in [3.63, 3.8) is 0 Å². The topological polar surface area (TPSA) is 3.24 Å². The van der Waals surface area contributed by atoms with Crippen molar-refractivity contribution in [2.75, 3.05) is 6.54 Å². The lowest BCUT2D eigenvalue weighted by Crippen LogP contribution is -2.33. The Labute approximate surface area is 282 Å². The second-order valence-electron chi connectivity index (χ2n) is 12.2. The summed E-state index contributed by atoms with van der Waals surface area (Å²) >= 11 is 0. The number of hydrogen-bond donors (Lipinski definition) is 0. The third-order valence-electron chi connectivity index (χ3n) is 9.08. The Balaban J connectivity index is 2.03. The van der Waals surface area contributed by atoms with Gasteiger partial charge in [-0.25, -0.2) is 0 Å². The molecule has 0 amide bonds. The smallest absolute Gasteiger partial charge is 0.109 e. The number of hydrogen-bond acceptors (Lipinski definition) is 1. The molecule has 0 heterocycles. The molecule has 3 rings (SSSR count).